The molecule has 0 bridgehead atoms. The molecule has 1 unspecified atom stereocenters. The normalized spacial score (nSPS) is 13.7. The van der Waals surface area contributed by atoms with Gasteiger partial charge in [-0.15, -0.1) is 0 Å². The molecule has 0 heterocycles. The summed E-state index contributed by atoms with van der Waals surface area (Å²) in [6.45, 7) is -0.185. The van der Waals surface area contributed by atoms with Gasteiger partial charge in [0.1, 0.15) is 0 Å². The fourth-order valence-corrected chi connectivity index (χ4v) is 2.32. The topological polar surface area (TPSA) is 104 Å². The highest BCUT2D eigenvalue weighted by Gasteiger charge is 2.16. The molecule has 0 spiro atoms. The molecular formula is C7H8ClNO5S2. The summed E-state index contributed by atoms with van der Waals surface area (Å²) in [6, 6.07) is 3.81. The summed E-state index contributed by atoms with van der Waals surface area (Å²) in [4.78, 5) is -0.391. The van der Waals surface area contributed by atoms with Crippen LogP contribution >= 0.6 is 11.6 Å². The van der Waals surface area contributed by atoms with Crippen LogP contribution in [0.4, 0.5) is 0 Å². The fourth-order valence-electron chi connectivity index (χ4n) is 1.05. The lowest BCUT2D eigenvalue weighted by Crippen LogP contribution is -2.17. The van der Waals surface area contributed by atoms with E-state index >= 15 is 0 Å². The molecule has 0 fully saturated rings. The summed E-state index contributed by atoms with van der Waals surface area (Å²) in [5.41, 5.74) is 0.148. The first-order valence-corrected chi connectivity index (χ1v) is 6.83. The van der Waals surface area contributed by atoms with Crippen LogP contribution in [0.15, 0.2) is 23.1 Å². The van der Waals surface area contributed by atoms with Crippen molar-refractivity contribution in [1.29, 1.82) is 0 Å². The summed E-state index contributed by atoms with van der Waals surface area (Å²) in [6.07, 6.45) is 0. The van der Waals surface area contributed by atoms with Crippen LogP contribution in [0, 0.1) is 0 Å². The monoisotopic (exact) mass is 285 g/mol. The minimum atomic E-state index is -4.41. The van der Waals surface area contributed by atoms with Crippen molar-refractivity contribution in [2.24, 2.45) is 0 Å². The molecule has 0 saturated heterocycles. The Kier molecular flexibility index (Phi) is 4.42. The second-order valence-electron chi connectivity index (χ2n) is 2.80. The first-order chi connectivity index (χ1) is 7.30. The van der Waals surface area contributed by atoms with E-state index < -0.39 is 26.3 Å². The zero-order chi connectivity index (χ0) is 12.3. The van der Waals surface area contributed by atoms with Crippen molar-refractivity contribution in [3.8, 4) is 0 Å². The molecule has 1 aromatic rings. The SMILES string of the molecule is O=S(O)NCc1ccc(Cl)cc1S(=O)(=O)O. The molecule has 6 nitrogen and oxygen atoms in total. The molecule has 16 heavy (non-hydrogen) atoms. The summed E-state index contributed by atoms with van der Waals surface area (Å²) >= 11 is 3.31. The van der Waals surface area contributed by atoms with Gasteiger partial charge in [0, 0.05) is 11.6 Å². The van der Waals surface area contributed by atoms with Crippen LogP contribution in [0.1, 0.15) is 5.56 Å². The Morgan fingerprint density at radius 2 is 2.06 bits per heavy atom. The zero-order valence-electron chi connectivity index (χ0n) is 7.75. The van der Waals surface area contributed by atoms with Gasteiger partial charge in [0.25, 0.3) is 10.1 Å². The highest BCUT2D eigenvalue weighted by molar-refractivity contribution is 7.85. The molecule has 0 aromatic heterocycles. The van der Waals surface area contributed by atoms with Gasteiger partial charge in [-0.1, -0.05) is 17.7 Å². The van der Waals surface area contributed by atoms with Crippen molar-refractivity contribution in [1.82, 2.24) is 4.72 Å². The fraction of sp³-hybridized carbons (Fsp3) is 0.143. The lowest BCUT2D eigenvalue weighted by Gasteiger charge is -2.06. The summed E-state index contributed by atoms with van der Waals surface area (Å²) < 4.78 is 51.8. The average molecular weight is 286 g/mol. The van der Waals surface area contributed by atoms with Crippen LogP contribution in [-0.4, -0.2) is 21.7 Å². The van der Waals surface area contributed by atoms with Crippen LogP contribution in [0.25, 0.3) is 0 Å². The van der Waals surface area contributed by atoms with E-state index in [0.29, 0.717) is 0 Å². The van der Waals surface area contributed by atoms with Gasteiger partial charge in [-0.25, -0.2) is 8.93 Å². The van der Waals surface area contributed by atoms with Crippen molar-refractivity contribution >= 4 is 33.0 Å². The van der Waals surface area contributed by atoms with Crippen molar-refractivity contribution in [2.75, 3.05) is 0 Å². The minimum Gasteiger partial charge on any atom is -0.294 e. The third-order valence-corrected chi connectivity index (χ3v) is 3.26. The molecule has 0 amide bonds. The summed E-state index contributed by atoms with van der Waals surface area (Å²) in [5, 5.41) is 0.140. The van der Waals surface area contributed by atoms with Crippen molar-refractivity contribution in [2.45, 2.75) is 11.4 Å². The molecule has 90 valence electrons. The molecule has 9 heteroatoms. The Labute approximate surface area is 99.8 Å². The van der Waals surface area contributed by atoms with Crippen molar-refractivity contribution in [3.63, 3.8) is 0 Å². The summed E-state index contributed by atoms with van der Waals surface area (Å²) in [7, 11) is -4.41. The van der Waals surface area contributed by atoms with Crippen molar-refractivity contribution in [3.05, 3.63) is 28.8 Å². The van der Waals surface area contributed by atoms with Gasteiger partial charge in [0.2, 0.25) is 11.3 Å². The Hall–Kier alpha value is -0.510. The molecule has 0 radical (unpaired) electrons. The molecule has 1 rings (SSSR count). The Balaban J connectivity index is 3.13. The van der Waals surface area contributed by atoms with E-state index in [2.05, 4.69) is 4.72 Å². The number of benzene rings is 1. The molecule has 0 aliphatic carbocycles. The highest BCUT2D eigenvalue weighted by Crippen LogP contribution is 2.20. The Morgan fingerprint density at radius 1 is 1.44 bits per heavy atom. The maximum absolute atomic E-state index is 11.0. The van der Waals surface area contributed by atoms with E-state index in [-0.39, 0.29) is 17.1 Å². The van der Waals surface area contributed by atoms with E-state index in [4.69, 9.17) is 20.7 Å². The van der Waals surface area contributed by atoms with Crippen molar-refractivity contribution < 1.29 is 21.7 Å². The predicted molar refractivity (Wildman–Crippen MR) is 58.9 cm³/mol. The predicted octanol–water partition coefficient (Wildman–Crippen LogP) is 0.813. The largest absolute Gasteiger partial charge is 0.294 e. The third-order valence-electron chi connectivity index (χ3n) is 1.69. The second-order valence-corrected chi connectivity index (χ2v) is 5.41. The minimum absolute atomic E-state index is 0.140. The van der Waals surface area contributed by atoms with Crippen LogP contribution in [0.3, 0.4) is 0 Å². The van der Waals surface area contributed by atoms with Crippen LogP contribution < -0.4 is 4.72 Å². The zero-order valence-corrected chi connectivity index (χ0v) is 10.1. The molecule has 3 N–H and O–H groups in total. The van der Waals surface area contributed by atoms with Gasteiger partial charge >= 0.3 is 0 Å². The van der Waals surface area contributed by atoms with Gasteiger partial charge in [0.15, 0.2) is 0 Å². The molecule has 0 aliphatic rings. The maximum atomic E-state index is 11.0. The first kappa shape index (κ1) is 13.6. The van der Waals surface area contributed by atoms with Gasteiger partial charge in [-0.3, -0.25) is 9.11 Å². The van der Waals surface area contributed by atoms with E-state index in [0.717, 1.165) is 6.07 Å². The van der Waals surface area contributed by atoms with Crippen LogP contribution in [0.2, 0.25) is 5.02 Å². The Morgan fingerprint density at radius 3 is 2.56 bits per heavy atom. The maximum Gasteiger partial charge on any atom is 0.294 e. The molecule has 0 saturated carbocycles. The van der Waals surface area contributed by atoms with Gasteiger partial charge in [0.05, 0.1) is 4.90 Å². The van der Waals surface area contributed by atoms with E-state index in [1.54, 1.807) is 0 Å². The molecule has 0 aliphatic heterocycles. The first-order valence-electron chi connectivity index (χ1n) is 3.91. The van der Waals surface area contributed by atoms with E-state index in [1.165, 1.54) is 12.1 Å². The number of nitrogens with one attached hydrogen (secondary N) is 1. The van der Waals surface area contributed by atoms with Gasteiger partial charge in [-0.05, 0) is 17.7 Å². The molecular weight excluding hydrogens is 278 g/mol. The number of hydrogen-bond donors (Lipinski definition) is 3. The smallest absolute Gasteiger partial charge is 0.294 e. The average Bonchev–Trinajstić information content (AvgIpc) is 2.14. The standard InChI is InChI=1S/C7H8ClNO5S2/c8-6-2-1-5(4-9-15(10)11)7(3-6)16(12,13)14/h1-3,9H,4H2,(H,10,11)(H,12,13,14). The lowest BCUT2D eigenvalue weighted by molar-refractivity contribution is 0.481. The van der Waals surface area contributed by atoms with Gasteiger partial charge < -0.3 is 0 Å². The quantitative estimate of drug-likeness (QED) is 0.561. The number of halogens is 1. The number of rotatable bonds is 4. The molecule has 1 aromatic carbocycles. The van der Waals surface area contributed by atoms with Crippen LogP contribution in [0.5, 0.6) is 0 Å². The highest BCUT2D eigenvalue weighted by atomic mass is 35.5. The van der Waals surface area contributed by atoms with Crippen LogP contribution in [-0.2, 0) is 27.9 Å². The van der Waals surface area contributed by atoms with Gasteiger partial charge in [-0.2, -0.15) is 8.42 Å². The Bertz CT molecular complexity index is 516. The summed E-state index contributed by atoms with van der Waals surface area (Å²) in [5.74, 6) is 0. The molecule has 1 atom stereocenters. The lowest BCUT2D eigenvalue weighted by atomic mass is 10.2. The second kappa shape index (κ2) is 5.21. The van der Waals surface area contributed by atoms with E-state index in [1.807, 2.05) is 0 Å². The number of hydrogen-bond acceptors (Lipinski definition) is 3. The third kappa shape index (κ3) is 3.81. The van der Waals surface area contributed by atoms with E-state index in [9.17, 15) is 12.6 Å².